The number of aliphatic hydroxyl groups is 1. The highest BCUT2D eigenvalue weighted by molar-refractivity contribution is 7.85. The van der Waals surface area contributed by atoms with Gasteiger partial charge in [0.2, 0.25) is 0 Å². The molecule has 2 heterocycles. The molecule has 1 atom stereocenters. The molecule has 0 saturated carbocycles. The fourth-order valence-corrected chi connectivity index (χ4v) is 3.87. The van der Waals surface area contributed by atoms with Gasteiger partial charge in [0.15, 0.2) is 0 Å². The minimum atomic E-state index is -0.605. The first-order valence-electron chi connectivity index (χ1n) is 5.55. The smallest absolute Gasteiger partial charge is 0.101 e. The normalized spacial score (nSPS) is 27.8. The molecule has 5 heteroatoms. The van der Waals surface area contributed by atoms with Crippen molar-refractivity contribution in [1.29, 1.82) is 0 Å². The Kier molecular flexibility index (Phi) is 4.52. The van der Waals surface area contributed by atoms with Gasteiger partial charge in [-0.1, -0.05) is 6.07 Å². The molecule has 90 valence electrons. The van der Waals surface area contributed by atoms with E-state index in [0.717, 1.165) is 29.2 Å². The van der Waals surface area contributed by atoms with E-state index < -0.39 is 16.9 Å². The molecule has 0 spiro atoms. The summed E-state index contributed by atoms with van der Waals surface area (Å²) in [5, 5.41) is 15.2. The Labute approximate surface area is 102 Å². The van der Waals surface area contributed by atoms with Crippen LogP contribution < -0.4 is 5.32 Å². The van der Waals surface area contributed by atoms with Gasteiger partial charge in [-0.2, -0.15) is 0 Å². The molecular weight excluding hydrogens is 242 g/mol. The maximum atomic E-state index is 11.2. The van der Waals surface area contributed by atoms with Crippen molar-refractivity contribution in [2.75, 3.05) is 18.1 Å². The topological polar surface area (TPSA) is 49.3 Å². The summed E-state index contributed by atoms with van der Waals surface area (Å²) in [4.78, 5) is 1.01. The first-order valence-corrected chi connectivity index (χ1v) is 7.92. The van der Waals surface area contributed by atoms with E-state index in [1.807, 2.05) is 17.5 Å². The lowest BCUT2D eigenvalue weighted by atomic mass is 10.1. The average molecular weight is 259 g/mol. The highest BCUT2D eigenvalue weighted by Gasteiger charge is 2.18. The van der Waals surface area contributed by atoms with Crippen molar-refractivity contribution < 1.29 is 9.32 Å². The van der Waals surface area contributed by atoms with Crippen LogP contribution in [0.1, 0.15) is 23.8 Å². The molecule has 0 bridgehead atoms. The number of nitrogens with one attached hydrogen (secondary N) is 1. The molecule has 16 heavy (non-hydrogen) atoms. The zero-order valence-electron chi connectivity index (χ0n) is 9.09. The number of hydrogen-bond acceptors (Lipinski definition) is 4. The van der Waals surface area contributed by atoms with Crippen LogP contribution in [0.3, 0.4) is 0 Å². The minimum absolute atomic E-state index is 0.410. The molecule has 3 nitrogen and oxygen atoms in total. The first-order chi connectivity index (χ1) is 7.75. The maximum Gasteiger partial charge on any atom is 0.101 e. The van der Waals surface area contributed by atoms with Gasteiger partial charge in [0, 0.05) is 39.8 Å². The van der Waals surface area contributed by atoms with Crippen LogP contribution in [0.4, 0.5) is 0 Å². The third-order valence-electron chi connectivity index (χ3n) is 2.86. The number of aliphatic hydroxyl groups excluding tert-OH is 1. The second-order valence-corrected chi connectivity index (χ2v) is 6.74. The molecule has 1 aromatic rings. The van der Waals surface area contributed by atoms with Crippen LogP contribution >= 0.6 is 11.3 Å². The summed E-state index contributed by atoms with van der Waals surface area (Å²) in [6.07, 6.45) is 1.51. The molecule has 2 N–H and O–H groups in total. The molecular formula is C11H17NO2S2. The summed E-state index contributed by atoms with van der Waals surface area (Å²) in [5.74, 6) is 1.60. The predicted octanol–water partition coefficient (Wildman–Crippen LogP) is 1.28. The zero-order chi connectivity index (χ0) is 11.4. The number of rotatable bonds is 4. The Morgan fingerprint density at radius 2 is 2.31 bits per heavy atom. The molecule has 1 saturated heterocycles. The summed E-state index contributed by atoms with van der Waals surface area (Å²) in [5.41, 5.74) is 0. The van der Waals surface area contributed by atoms with Crippen LogP contribution in [0.15, 0.2) is 17.5 Å². The van der Waals surface area contributed by atoms with E-state index in [1.54, 1.807) is 11.3 Å². The largest absolute Gasteiger partial charge is 0.386 e. The van der Waals surface area contributed by atoms with Gasteiger partial charge in [0.1, 0.15) is 6.10 Å². The highest BCUT2D eigenvalue weighted by atomic mass is 32.2. The van der Waals surface area contributed by atoms with Crippen LogP contribution in [0.25, 0.3) is 0 Å². The molecule has 1 unspecified atom stereocenters. The van der Waals surface area contributed by atoms with Crippen molar-refractivity contribution >= 4 is 22.1 Å². The third kappa shape index (κ3) is 3.38. The fourth-order valence-electron chi connectivity index (χ4n) is 1.86. The summed E-state index contributed by atoms with van der Waals surface area (Å²) < 4.78 is 11.2. The molecule has 1 aliphatic heterocycles. The average Bonchev–Trinajstić information content (AvgIpc) is 2.81. The van der Waals surface area contributed by atoms with E-state index in [9.17, 15) is 9.32 Å². The van der Waals surface area contributed by atoms with E-state index in [2.05, 4.69) is 5.32 Å². The van der Waals surface area contributed by atoms with Crippen molar-refractivity contribution in [3.63, 3.8) is 0 Å². The van der Waals surface area contributed by atoms with Gasteiger partial charge < -0.3 is 10.4 Å². The van der Waals surface area contributed by atoms with Gasteiger partial charge in [-0.05, 0) is 24.3 Å². The molecule has 0 aromatic carbocycles. The lowest BCUT2D eigenvalue weighted by molar-refractivity contribution is 0.172. The highest BCUT2D eigenvalue weighted by Crippen LogP contribution is 2.18. The van der Waals surface area contributed by atoms with E-state index in [-0.39, 0.29) is 0 Å². The summed E-state index contributed by atoms with van der Waals surface area (Å²) in [6.45, 7) is 0.595. The van der Waals surface area contributed by atoms with Crippen molar-refractivity contribution in [1.82, 2.24) is 5.32 Å². The summed E-state index contributed by atoms with van der Waals surface area (Å²) >= 11 is 1.58. The number of hydrogen-bond donors (Lipinski definition) is 2. The molecule has 1 aromatic heterocycles. The number of thiophene rings is 1. The molecule has 1 aliphatic rings. The second kappa shape index (κ2) is 5.91. The van der Waals surface area contributed by atoms with E-state index in [4.69, 9.17) is 0 Å². The Balaban J connectivity index is 1.73. The monoisotopic (exact) mass is 259 g/mol. The summed E-state index contributed by atoms with van der Waals surface area (Å²) in [6, 6.07) is 4.33. The van der Waals surface area contributed by atoms with Gasteiger partial charge in [-0.3, -0.25) is 4.21 Å². The summed E-state index contributed by atoms with van der Waals surface area (Å²) in [7, 11) is -0.605. The molecule has 0 amide bonds. The standard InChI is InChI=1S/C11H17NO2S2/c13-10(11-2-1-5-15-11)8-12-9-3-6-16(14)7-4-9/h1-2,5,9-10,12-13H,3-4,6-8H2. The van der Waals surface area contributed by atoms with Crippen LogP contribution in [0.2, 0.25) is 0 Å². The van der Waals surface area contributed by atoms with Gasteiger partial charge in [-0.25, -0.2) is 0 Å². The van der Waals surface area contributed by atoms with Crippen LogP contribution in [0.5, 0.6) is 0 Å². The Hall–Kier alpha value is -0.230. The third-order valence-corrected chi connectivity index (χ3v) is 5.22. The second-order valence-electron chi connectivity index (χ2n) is 4.06. The lowest BCUT2D eigenvalue weighted by Crippen LogP contribution is -2.37. The van der Waals surface area contributed by atoms with E-state index in [0.29, 0.717) is 12.6 Å². The minimum Gasteiger partial charge on any atom is -0.386 e. The van der Waals surface area contributed by atoms with Crippen LogP contribution in [-0.4, -0.2) is 33.4 Å². The maximum absolute atomic E-state index is 11.2. The van der Waals surface area contributed by atoms with Crippen molar-refractivity contribution in [3.05, 3.63) is 22.4 Å². The lowest BCUT2D eigenvalue weighted by Gasteiger charge is -2.23. The van der Waals surface area contributed by atoms with Crippen LogP contribution in [0, 0.1) is 0 Å². The fraction of sp³-hybridized carbons (Fsp3) is 0.636. The quantitative estimate of drug-likeness (QED) is 0.856. The zero-order valence-corrected chi connectivity index (χ0v) is 10.7. The van der Waals surface area contributed by atoms with E-state index >= 15 is 0 Å². The van der Waals surface area contributed by atoms with Gasteiger partial charge >= 0.3 is 0 Å². The van der Waals surface area contributed by atoms with Crippen molar-refractivity contribution in [2.24, 2.45) is 0 Å². The SMILES string of the molecule is O=S1CCC(NCC(O)c2cccs2)CC1. The Bertz CT molecular complexity index is 330. The van der Waals surface area contributed by atoms with Gasteiger partial charge in [0.25, 0.3) is 0 Å². The molecule has 0 aliphatic carbocycles. The van der Waals surface area contributed by atoms with Crippen LogP contribution in [-0.2, 0) is 10.8 Å². The van der Waals surface area contributed by atoms with Gasteiger partial charge in [-0.15, -0.1) is 11.3 Å². The van der Waals surface area contributed by atoms with Crippen molar-refractivity contribution in [2.45, 2.75) is 25.0 Å². The molecule has 1 fully saturated rings. The first kappa shape index (κ1) is 12.2. The van der Waals surface area contributed by atoms with E-state index in [1.165, 1.54) is 0 Å². The Morgan fingerprint density at radius 1 is 1.56 bits per heavy atom. The Morgan fingerprint density at radius 3 is 2.94 bits per heavy atom. The molecule has 2 rings (SSSR count). The van der Waals surface area contributed by atoms with Crippen molar-refractivity contribution in [3.8, 4) is 0 Å². The molecule has 0 radical (unpaired) electrons. The predicted molar refractivity (Wildman–Crippen MR) is 68.2 cm³/mol. The van der Waals surface area contributed by atoms with Gasteiger partial charge in [0.05, 0.1) is 0 Å².